The first-order chi connectivity index (χ1) is 17.4. The molecule has 1 saturated heterocycles. The van der Waals surface area contributed by atoms with Crippen molar-refractivity contribution >= 4 is 34.9 Å². The van der Waals surface area contributed by atoms with E-state index in [9.17, 15) is 19.7 Å². The first-order valence-electron chi connectivity index (χ1n) is 11.9. The average molecular weight is 505 g/mol. The zero-order chi connectivity index (χ0) is 25.5. The Morgan fingerprint density at radius 1 is 1.17 bits per heavy atom. The number of nitro groups is 1. The van der Waals surface area contributed by atoms with Crippen LogP contribution in [-0.2, 0) is 11.2 Å². The number of thiophene rings is 1. The number of nitro benzene ring substituents is 1. The zero-order valence-electron chi connectivity index (χ0n) is 20.1. The van der Waals surface area contributed by atoms with Gasteiger partial charge in [-0.1, -0.05) is 18.2 Å². The molecule has 186 valence electrons. The molecule has 0 spiro atoms. The fraction of sp³-hybridized carbons (Fsp3) is 0.296. The number of carbonyl (C=O) groups excluding carboxylic acids is 2. The number of pyridine rings is 1. The first-order valence-corrected chi connectivity index (χ1v) is 12.8. The van der Waals surface area contributed by atoms with Crippen LogP contribution in [-0.4, -0.2) is 46.3 Å². The van der Waals surface area contributed by atoms with Crippen LogP contribution < -0.4 is 5.32 Å². The molecule has 0 aliphatic carbocycles. The van der Waals surface area contributed by atoms with Gasteiger partial charge in [0.1, 0.15) is 0 Å². The van der Waals surface area contributed by atoms with E-state index in [2.05, 4.69) is 11.4 Å². The lowest BCUT2D eigenvalue weighted by molar-refractivity contribution is -0.385. The van der Waals surface area contributed by atoms with Crippen LogP contribution in [0.15, 0.2) is 60.0 Å². The van der Waals surface area contributed by atoms with Crippen LogP contribution in [0.3, 0.4) is 0 Å². The van der Waals surface area contributed by atoms with Crippen molar-refractivity contribution in [1.29, 1.82) is 0 Å². The standard InChI is InChI=1S/C27H28N4O4S/c1-19-8-10-23(27(33)28-15-12-22-6-4-18-36-22)26(29-19)21-13-16-30(17-14-21)25(32)11-9-20-5-2-3-7-24(20)31(34)35/h2-11,18,21H,12-17H2,1H3,(H,28,33)/b11-9+. The van der Waals surface area contributed by atoms with Crippen LogP contribution in [0.25, 0.3) is 6.08 Å². The van der Waals surface area contributed by atoms with Gasteiger partial charge < -0.3 is 10.2 Å². The predicted molar refractivity (Wildman–Crippen MR) is 140 cm³/mol. The van der Waals surface area contributed by atoms with E-state index >= 15 is 0 Å². The molecule has 36 heavy (non-hydrogen) atoms. The molecule has 9 heteroatoms. The number of benzene rings is 1. The van der Waals surface area contributed by atoms with Crippen molar-refractivity contribution in [2.75, 3.05) is 19.6 Å². The van der Waals surface area contributed by atoms with E-state index in [1.54, 1.807) is 34.4 Å². The molecular weight excluding hydrogens is 476 g/mol. The minimum absolute atomic E-state index is 0.0352. The molecule has 1 aliphatic rings. The van der Waals surface area contributed by atoms with Gasteiger partial charge in [-0.2, -0.15) is 0 Å². The van der Waals surface area contributed by atoms with Crippen LogP contribution >= 0.6 is 11.3 Å². The molecule has 0 unspecified atom stereocenters. The molecule has 1 aliphatic heterocycles. The summed E-state index contributed by atoms with van der Waals surface area (Å²) in [5.41, 5.74) is 2.58. The van der Waals surface area contributed by atoms with Crippen molar-refractivity contribution in [2.24, 2.45) is 0 Å². The highest BCUT2D eigenvalue weighted by Gasteiger charge is 2.27. The Balaban J connectivity index is 1.37. The van der Waals surface area contributed by atoms with E-state index in [4.69, 9.17) is 4.98 Å². The number of rotatable bonds is 8. The minimum atomic E-state index is -0.458. The van der Waals surface area contributed by atoms with Crippen molar-refractivity contribution in [3.05, 3.63) is 97.5 Å². The van der Waals surface area contributed by atoms with E-state index < -0.39 is 4.92 Å². The summed E-state index contributed by atoms with van der Waals surface area (Å²) >= 11 is 1.67. The van der Waals surface area contributed by atoms with Crippen LogP contribution in [0.1, 0.15) is 50.9 Å². The average Bonchev–Trinajstić information content (AvgIpc) is 3.41. The van der Waals surface area contributed by atoms with Gasteiger partial charge in [-0.05, 0) is 61.9 Å². The quantitative estimate of drug-likeness (QED) is 0.271. The highest BCUT2D eigenvalue weighted by Crippen LogP contribution is 2.30. The number of amides is 2. The van der Waals surface area contributed by atoms with E-state index in [1.165, 1.54) is 23.1 Å². The maximum atomic E-state index is 12.9. The van der Waals surface area contributed by atoms with Gasteiger partial charge in [0, 0.05) is 48.3 Å². The van der Waals surface area contributed by atoms with Gasteiger partial charge in [-0.15, -0.1) is 11.3 Å². The molecule has 1 aromatic carbocycles. The number of hydrogen-bond donors (Lipinski definition) is 1. The van der Waals surface area contributed by atoms with Gasteiger partial charge in [0.2, 0.25) is 5.91 Å². The summed E-state index contributed by atoms with van der Waals surface area (Å²) in [5.74, 6) is -0.235. The molecule has 4 rings (SSSR count). The fourth-order valence-corrected chi connectivity index (χ4v) is 5.07. The SMILES string of the molecule is Cc1ccc(C(=O)NCCc2cccs2)c(C2CCN(C(=O)/C=C/c3ccccc3[N+](=O)[O-])CC2)n1. The summed E-state index contributed by atoms with van der Waals surface area (Å²) in [7, 11) is 0. The number of aromatic nitrogens is 1. The lowest BCUT2D eigenvalue weighted by atomic mass is 9.89. The Morgan fingerprint density at radius 3 is 2.67 bits per heavy atom. The summed E-state index contributed by atoms with van der Waals surface area (Å²) in [5, 5.41) is 16.2. The molecular formula is C27H28N4O4S. The van der Waals surface area contributed by atoms with Gasteiger partial charge in [-0.25, -0.2) is 0 Å². The smallest absolute Gasteiger partial charge is 0.276 e. The van der Waals surface area contributed by atoms with E-state index in [0.29, 0.717) is 43.6 Å². The molecule has 3 heterocycles. The third-order valence-electron chi connectivity index (χ3n) is 6.28. The molecule has 8 nitrogen and oxygen atoms in total. The van der Waals surface area contributed by atoms with Crippen molar-refractivity contribution in [2.45, 2.75) is 32.1 Å². The molecule has 3 aromatic rings. The number of likely N-dealkylation sites (tertiary alicyclic amines) is 1. The number of nitrogens with zero attached hydrogens (tertiary/aromatic N) is 3. The zero-order valence-corrected chi connectivity index (χ0v) is 20.9. The molecule has 0 atom stereocenters. The Kier molecular flexibility index (Phi) is 8.22. The van der Waals surface area contributed by atoms with Gasteiger partial charge in [0.05, 0.1) is 21.7 Å². The maximum Gasteiger partial charge on any atom is 0.276 e. The fourth-order valence-electron chi connectivity index (χ4n) is 4.36. The summed E-state index contributed by atoms with van der Waals surface area (Å²) in [4.78, 5) is 44.1. The van der Waals surface area contributed by atoms with Crippen molar-refractivity contribution in [3.63, 3.8) is 0 Å². The third kappa shape index (κ3) is 6.23. The number of aryl methyl sites for hydroxylation is 1. The van der Waals surface area contributed by atoms with Crippen molar-refractivity contribution in [3.8, 4) is 0 Å². The second-order valence-electron chi connectivity index (χ2n) is 8.72. The summed E-state index contributed by atoms with van der Waals surface area (Å²) in [6.45, 7) is 3.53. The molecule has 1 fully saturated rings. The van der Waals surface area contributed by atoms with Crippen LogP contribution in [0.5, 0.6) is 0 Å². The topological polar surface area (TPSA) is 105 Å². The second-order valence-corrected chi connectivity index (χ2v) is 9.75. The Hall–Kier alpha value is -3.85. The predicted octanol–water partition coefficient (Wildman–Crippen LogP) is 4.75. The van der Waals surface area contributed by atoms with Crippen LogP contribution in [0, 0.1) is 17.0 Å². The van der Waals surface area contributed by atoms with E-state index in [0.717, 1.165) is 17.8 Å². The first kappa shape index (κ1) is 25.2. The lowest BCUT2D eigenvalue weighted by Gasteiger charge is -2.32. The van der Waals surface area contributed by atoms with E-state index in [1.807, 2.05) is 30.5 Å². The lowest BCUT2D eigenvalue weighted by Crippen LogP contribution is -2.37. The second kappa shape index (κ2) is 11.7. The number of hydrogen-bond acceptors (Lipinski definition) is 6. The van der Waals surface area contributed by atoms with Crippen LogP contribution in [0.4, 0.5) is 5.69 Å². The van der Waals surface area contributed by atoms with Crippen LogP contribution in [0.2, 0.25) is 0 Å². The van der Waals surface area contributed by atoms with Crippen molar-refractivity contribution in [1.82, 2.24) is 15.2 Å². The summed E-state index contributed by atoms with van der Waals surface area (Å²) < 4.78 is 0. The number of para-hydroxylation sites is 1. The molecule has 2 amide bonds. The molecule has 0 saturated carbocycles. The number of piperidine rings is 1. The normalized spacial score (nSPS) is 14.2. The summed E-state index contributed by atoms with van der Waals surface area (Å²) in [6, 6.07) is 14.1. The van der Waals surface area contributed by atoms with E-state index in [-0.39, 0.29) is 23.4 Å². The van der Waals surface area contributed by atoms with Gasteiger partial charge in [-0.3, -0.25) is 24.7 Å². The van der Waals surface area contributed by atoms with Gasteiger partial charge in [0.15, 0.2) is 0 Å². The summed E-state index contributed by atoms with van der Waals surface area (Å²) in [6.07, 6.45) is 5.06. The largest absolute Gasteiger partial charge is 0.352 e. The third-order valence-corrected chi connectivity index (χ3v) is 7.21. The molecule has 0 bridgehead atoms. The molecule has 2 aromatic heterocycles. The van der Waals surface area contributed by atoms with Crippen molar-refractivity contribution < 1.29 is 14.5 Å². The highest BCUT2D eigenvalue weighted by atomic mass is 32.1. The minimum Gasteiger partial charge on any atom is -0.352 e. The highest BCUT2D eigenvalue weighted by molar-refractivity contribution is 7.09. The van der Waals surface area contributed by atoms with Gasteiger partial charge in [0.25, 0.3) is 11.6 Å². The molecule has 0 radical (unpaired) electrons. The number of carbonyl (C=O) groups is 2. The van der Waals surface area contributed by atoms with Gasteiger partial charge >= 0.3 is 0 Å². The Morgan fingerprint density at radius 2 is 1.94 bits per heavy atom. The Labute approximate surface area is 213 Å². The molecule has 1 N–H and O–H groups in total. The monoisotopic (exact) mass is 504 g/mol. The number of nitrogens with one attached hydrogen (secondary N) is 1. The maximum absolute atomic E-state index is 12.9. The Bertz CT molecular complexity index is 1260.